The Kier molecular flexibility index (Phi) is 3.10. The van der Waals surface area contributed by atoms with E-state index in [2.05, 4.69) is 61.2 Å². The van der Waals surface area contributed by atoms with E-state index in [4.69, 9.17) is 0 Å². The number of hydrogen-bond donors (Lipinski definition) is 0. The van der Waals surface area contributed by atoms with Crippen molar-refractivity contribution in [1.29, 1.82) is 0 Å². The van der Waals surface area contributed by atoms with Gasteiger partial charge in [-0.2, -0.15) is 0 Å². The molecule has 0 spiro atoms. The highest BCUT2D eigenvalue weighted by molar-refractivity contribution is 6.83. The molecular weight excluding hydrogens is 210 g/mol. The van der Waals surface area contributed by atoms with Crippen LogP contribution in [0.2, 0.25) is 19.6 Å². The zero-order chi connectivity index (χ0) is 11.6. The fraction of sp³-hybridized carbons (Fsp3) is 0.357. The highest BCUT2D eigenvalue weighted by Crippen LogP contribution is 2.24. The first kappa shape index (κ1) is 11.3. The molecule has 0 saturated heterocycles. The Morgan fingerprint density at radius 3 is 2.19 bits per heavy atom. The van der Waals surface area contributed by atoms with Crippen LogP contribution >= 0.6 is 0 Å². The molecule has 1 aromatic rings. The summed E-state index contributed by atoms with van der Waals surface area (Å²) in [5.74, 6) is 0. The highest BCUT2D eigenvalue weighted by atomic mass is 28.3. The predicted octanol–water partition coefficient (Wildman–Crippen LogP) is 4.03. The van der Waals surface area contributed by atoms with Crippen LogP contribution in [0.4, 0.5) is 0 Å². The summed E-state index contributed by atoms with van der Waals surface area (Å²) >= 11 is 0. The molecule has 0 N–H and O–H groups in total. The van der Waals surface area contributed by atoms with E-state index >= 15 is 0 Å². The lowest BCUT2D eigenvalue weighted by Gasteiger charge is -2.23. The molecule has 2 rings (SSSR count). The summed E-state index contributed by atoms with van der Waals surface area (Å²) in [6.45, 7) is 7.17. The first-order valence-electron chi connectivity index (χ1n) is 5.89. The lowest BCUT2D eigenvalue weighted by molar-refractivity contribution is 1.02. The van der Waals surface area contributed by atoms with Gasteiger partial charge in [-0.1, -0.05) is 55.2 Å². The van der Waals surface area contributed by atoms with Crippen LogP contribution in [0, 0.1) is 0 Å². The molecule has 84 valence electrons. The quantitative estimate of drug-likeness (QED) is 0.679. The van der Waals surface area contributed by atoms with Gasteiger partial charge in [-0.05, 0) is 18.4 Å². The van der Waals surface area contributed by atoms with Crippen LogP contribution < -0.4 is 0 Å². The van der Waals surface area contributed by atoms with Gasteiger partial charge in [0.2, 0.25) is 0 Å². The maximum atomic E-state index is 4.64. The topological polar surface area (TPSA) is 12.4 Å². The van der Waals surface area contributed by atoms with Crippen LogP contribution in [-0.4, -0.2) is 13.8 Å². The Hall–Kier alpha value is -1.15. The van der Waals surface area contributed by atoms with E-state index in [1.165, 1.54) is 17.7 Å². The van der Waals surface area contributed by atoms with Crippen molar-refractivity contribution in [2.24, 2.45) is 4.99 Å². The van der Waals surface area contributed by atoms with Crippen LogP contribution in [0.5, 0.6) is 0 Å². The van der Waals surface area contributed by atoms with E-state index < -0.39 is 8.07 Å². The maximum Gasteiger partial charge on any atom is 0.0744 e. The third-order valence-corrected chi connectivity index (χ3v) is 5.38. The fourth-order valence-electron chi connectivity index (χ4n) is 1.96. The molecule has 1 aliphatic rings. The van der Waals surface area contributed by atoms with E-state index in [-0.39, 0.29) is 0 Å². The minimum absolute atomic E-state index is 1.10. The first-order valence-corrected chi connectivity index (χ1v) is 9.39. The largest absolute Gasteiger partial charge is 0.261 e. The third-order valence-electron chi connectivity index (χ3n) is 3.08. The number of nitrogens with zero attached hydrogens (tertiary/aromatic N) is 1. The summed E-state index contributed by atoms with van der Waals surface area (Å²) in [5.41, 5.74) is 2.51. The summed E-state index contributed by atoms with van der Waals surface area (Å²) in [5, 5.41) is 1.59. The van der Waals surface area contributed by atoms with Crippen LogP contribution in [-0.2, 0) is 0 Å². The molecule has 2 heteroatoms. The van der Waals surface area contributed by atoms with E-state index in [1.807, 2.05) is 0 Å². The lowest BCUT2D eigenvalue weighted by atomic mass is 10.0. The molecule has 0 aliphatic carbocycles. The van der Waals surface area contributed by atoms with Gasteiger partial charge in [-0.25, -0.2) is 0 Å². The summed E-state index contributed by atoms with van der Waals surface area (Å²) in [7, 11) is -1.13. The van der Waals surface area contributed by atoms with Crippen molar-refractivity contribution < 1.29 is 0 Å². The SMILES string of the molecule is C[Si](C)(C)C1=CN=C(c2ccccc2)CC1. The molecule has 0 aromatic heterocycles. The zero-order valence-electron chi connectivity index (χ0n) is 10.3. The van der Waals surface area contributed by atoms with E-state index in [0.29, 0.717) is 0 Å². The summed E-state index contributed by atoms with van der Waals surface area (Å²) in [4.78, 5) is 4.64. The Labute approximate surface area is 98.9 Å². The predicted molar refractivity (Wildman–Crippen MR) is 73.6 cm³/mol. The van der Waals surface area contributed by atoms with Crippen molar-refractivity contribution in [2.45, 2.75) is 32.5 Å². The van der Waals surface area contributed by atoms with Gasteiger partial charge in [0.1, 0.15) is 0 Å². The summed E-state index contributed by atoms with van der Waals surface area (Å²) in [6, 6.07) is 10.5. The number of rotatable bonds is 2. The maximum absolute atomic E-state index is 4.64. The molecule has 0 unspecified atom stereocenters. The normalized spacial score (nSPS) is 16.7. The second-order valence-electron chi connectivity index (χ2n) is 5.35. The van der Waals surface area contributed by atoms with Crippen molar-refractivity contribution in [3.63, 3.8) is 0 Å². The van der Waals surface area contributed by atoms with Gasteiger partial charge >= 0.3 is 0 Å². The van der Waals surface area contributed by atoms with Crippen LogP contribution in [0.1, 0.15) is 18.4 Å². The van der Waals surface area contributed by atoms with E-state index in [1.54, 1.807) is 5.20 Å². The second kappa shape index (κ2) is 4.38. The van der Waals surface area contributed by atoms with Crippen molar-refractivity contribution in [3.05, 3.63) is 47.3 Å². The van der Waals surface area contributed by atoms with Gasteiger partial charge in [0, 0.05) is 11.9 Å². The molecule has 0 amide bonds. The van der Waals surface area contributed by atoms with Crippen LogP contribution in [0.15, 0.2) is 46.7 Å². The molecule has 1 aromatic carbocycles. The van der Waals surface area contributed by atoms with Gasteiger partial charge in [-0.15, -0.1) is 0 Å². The Bertz CT molecular complexity index is 424. The molecule has 0 saturated carbocycles. The van der Waals surface area contributed by atoms with Crippen LogP contribution in [0.3, 0.4) is 0 Å². The average molecular weight is 229 g/mol. The average Bonchev–Trinajstić information content (AvgIpc) is 2.29. The summed E-state index contributed by atoms with van der Waals surface area (Å²) < 4.78 is 0. The van der Waals surface area contributed by atoms with Crippen molar-refractivity contribution in [3.8, 4) is 0 Å². The Morgan fingerprint density at radius 2 is 1.69 bits per heavy atom. The number of aliphatic imine (C=N–C) groups is 1. The molecule has 1 aliphatic heterocycles. The van der Waals surface area contributed by atoms with Crippen molar-refractivity contribution in [2.75, 3.05) is 0 Å². The second-order valence-corrected chi connectivity index (χ2v) is 10.5. The minimum Gasteiger partial charge on any atom is -0.261 e. The van der Waals surface area contributed by atoms with Gasteiger partial charge < -0.3 is 0 Å². The Balaban J connectivity index is 2.24. The molecule has 0 fully saturated rings. The fourth-order valence-corrected chi connectivity index (χ4v) is 3.28. The standard InChI is InChI=1S/C14H19NSi/c1-16(2,3)13-9-10-14(15-11-13)12-7-5-4-6-8-12/h4-8,11H,9-10H2,1-3H3. The summed E-state index contributed by atoms with van der Waals surface area (Å²) in [6.07, 6.45) is 4.42. The highest BCUT2D eigenvalue weighted by Gasteiger charge is 2.21. The molecular formula is C14H19NSi. The third kappa shape index (κ3) is 2.50. The number of allylic oxidation sites excluding steroid dienone is 1. The monoisotopic (exact) mass is 229 g/mol. The van der Waals surface area contributed by atoms with Crippen molar-refractivity contribution >= 4 is 13.8 Å². The van der Waals surface area contributed by atoms with Gasteiger partial charge in [0.25, 0.3) is 0 Å². The number of benzene rings is 1. The molecule has 0 bridgehead atoms. The molecule has 1 heterocycles. The lowest BCUT2D eigenvalue weighted by Crippen LogP contribution is -2.26. The molecule has 0 radical (unpaired) electrons. The van der Waals surface area contributed by atoms with Crippen molar-refractivity contribution in [1.82, 2.24) is 0 Å². The van der Waals surface area contributed by atoms with Gasteiger partial charge in [-0.3, -0.25) is 4.99 Å². The minimum atomic E-state index is -1.13. The zero-order valence-corrected chi connectivity index (χ0v) is 11.3. The first-order chi connectivity index (χ1) is 7.57. The van der Waals surface area contributed by atoms with E-state index in [9.17, 15) is 0 Å². The smallest absolute Gasteiger partial charge is 0.0744 e. The van der Waals surface area contributed by atoms with Gasteiger partial charge in [0.05, 0.1) is 8.07 Å². The molecule has 16 heavy (non-hydrogen) atoms. The van der Waals surface area contributed by atoms with E-state index in [0.717, 1.165) is 6.42 Å². The van der Waals surface area contributed by atoms with Gasteiger partial charge in [0.15, 0.2) is 0 Å². The molecule has 1 nitrogen and oxygen atoms in total. The molecule has 0 atom stereocenters. The van der Waals surface area contributed by atoms with Crippen LogP contribution in [0.25, 0.3) is 0 Å². The Morgan fingerprint density at radius 1 is 1.00 bits per heavy atom. The number of hydrogen-bond acceptors (Lipinski definition) is 1.